The van der Waals surface area contributed by atoms with Crippen LogP contribution in [0.15, 0.2) is 18.5 Å². The molecule has 32 heavy (non-hydrogen) atoms. The Labute approximate surface area is 184 Å². The Hall–Kier alpha value is -2.33. The molecule has 3 aliphatic rings. The molecule has 2 aliphatic carbocycles. The van der Waals surface area contributed by atoms with E-state index in [4.69, 9.17) is 15.5 Å². The Kier molecular flexibility index (Phi) is 5.32. The number of hydrogen-bond donors (Lipinski definition) is 1. The quantitative estimate of drug-likeness (QED) is 0.745. The summed E-state index contributed by atoms with van der Waals surface area (Å²) in [5.74, 6) is 1.56. The van der Waals surface area contributed by atoms with Gasteiger partial charge in [-0.2, -0.15) is 0 Å². The first kappa shape index (κ1) is 21.5. The van der Waals surface area contributed by atoms with Gasteiger partial charge >= 0.3 is 6.36 Å². The summed E-state index contributed by atoms with van der Waals surface area (Å²) in [5, 5.41) is 0. The molecule has 0 spiro atoms. The van der Waals surface area contributed by atoms with Crippen molar-refractivity contribution >= 4 is 5.82 Å². The second kappa shape index (κ2) is 7.91. The van der Waals surface area contributed by atoms with Gasteiger partial charge in [0.15, 0.2) is 11.6 Å². The largest absolute Gasteiger partial charge is 0.573 e. The van der Waals surface area contributed by atoms with E-state index in [1.807, 2.05) is 6.20 Å². The molecule has 2 N–H and O–H groups in total. The molecule has 2 aromatic heterocycles. The summed E-state index contributed by atoms with van der Waals surface area (Å²) in [4.78, 5) is 11.2. The third-order valence-corrected chi connectivity index (χ3v) is 6.94. The van der Waals surface area contributed by atoms with Gasteiger partial charge in [0.05, 0.1) is 18.9 Å². The number of pyridine rings is 1. The lowest BCUT2D eigenvalue weighted by Crippen LogP contribution is -2.43. The van der Waals surface area contributed by atoms with E-state index in [1.165, 1.54) is 25.1 Å². The highest BCUT2D eigenvalue weighted by Crippen LogP contribution is 2.62. The Morgan fingerprint density at radius 1 is 1.19 bits per heavy atom. The van der Waals surface area contributed by atoms with Crippen LogP contribution in [0.4, 0.5) is 19.0 Å². The predicted molar refractivity (Wildman–Crippen MR) is 112 cm³/mol. The lowest BCUT2D eigenvalue weighted by Gasteiger charge is -2.33. The van der Waals surface area contributed by atoms with Crippen LogP contribution in [0.3, 0.4) is 0 Å². The second-order valence-electron chi connectivity index (χ2n) is 9.29. The smallest absolute Gasteiger partial charge is 0.402 e. The topological polar surface area (TPSA) is 78.4 Å². The van der Waals surface area contributed by atoms with Crippen LogP contribution in [-0.4, -0.2) is 58.1 Å². The zero-order valence-electron chi connectivity index (χ0n) is 18.2. The van der Waals surface area contributed by atoms with E-state index in [9.17, 15) is 13.2 Å². The van der Waals surface area contributed by atoms with Gasteiger partial charge in [-0.3, -0.25) is 4.90 Å². The van der Waals surface area contributed by atoms with Crippen molar-refractivity contribution in [1.29, 1.82) is 0 Å². The van der Waals surface area contributed by atoms with Crippen molar-refractivity contribution in [3.63, 3.8) is 0 Å². The molecule has 7 nitrogen and oxygen atoms in total. The monoisotopic (exact) mass is 451 g/mol. The van der Waals surface area contributed by atoms with Crippen molar-refractivity contribution in [3.8, 4) is 17.0 Å². The first-order valence-corrected chi connectivity index (χ1v) is 11.1. The fraction of sp³-hybridized carbons (Fsp3) is 0.636. The average Bonchev–Trinajstić information content (AvgIpc) is 3.09. The van der Waals surface area contributed by atoms with Crippen molar-refractivity contribution in [2.75, 3.05) is 32.0 Å². The normalized spacial score (nSPS) is 28.2. The lowest BCUT2D eigenvalue weighted by molar-refractivity contribution is -0.274. The number of rotatable bonds is 5. The molecule has 1 saturated heterocycles. The molecule has 5 rings (SSSR count). The maximum absolute atomic E-state index is 12.7. The molecule has 0 bridgehead atoms. The fourth-order valence-electron chi connectivity index (χ4n) is 5.45. The van der Waals surface area contributed by atoms with Gasteiger partial charge in [0.1, 0.15) is 5.82 Å². The van der Waals surface area contributed by atoms with Gasteiger partial charge < -0.3 is 19.8 Å². The number of fused-ring (bicyclic) bond motifs is 1. The molecular weight excluding hydrogens is 423 g/mol. The summed E-state index contributed by atoms with van der Waals surface area (Å²) >= 11 is 0. The number of nitrogens with zero attached hydrogens (tertiary/aromatic N) is 4. The predicted octanol–water partition coefficient (Wildman–Crippen LogP) is 3.83. The number of halogens is 3. The third-order valence-electron chi connectivity index (χ3n) is 6.94. The summed E-state index contributed by atoms with van der Waals surface area (Å²) in [7, 11) is 0. The molecule has 2 aromatic rings. The highest BCUT2D eigenvalue weighted by Gasteiger charge is 2.58. The number of hydrogen-bond acceptors (Lipinski definition) is 6. The zero-order chi connectivity index (χ0) is 22.6. The minimum Gasteiger partial charge on any atom is -0.402 e. The van der Waals surface area contributed by atoms with Crippen molar-refractivity contribution in [3.05, 3.63) is 24.3 Å². The lowest BCUT2D eigenvalue weighted by atomic mass is 10.1. The number of ether oxygens (including phenoxy) is 2. The Balaban J connectivity index is 1.36. The van der Waals surface area contributed by atoms with E-state index in [0.717, 1.165) is 32.1 Å². The summed E-state index contributed by atoms with van der Waals surface area (Å²) in [6, 6.07) is 2.28. The van der Waals surface area contributed by atoms with Crippen LogP contribution < -0.4 is 10.5 Å². The van der Waals surface area contributed by atoms with Gasteiger partial charge in [-0.1, -0.05) is 13.8 Å². The number of nitrogens with two attached hydrogens (primary N) is 1. The van der Waals surface area contributed by atoms with E-state index in [-0.39, 0.29) is 11.7 Å². The number of aromatic nitrogens is 3. The van der Waals surface area contributed by atoms with Crippen LogP contribution in [0.2, 0.25) is 0 Å². The zero-order valence-corrected chi connectivity index (χ0v) is 18.2. The second-order valence-corrected chi connectivity index (χ2v) is 9.29. The van der Waals surface area contributed by atoms with Crippen LogP contribution in [0.25, 0.3) is 11.3 Å². The summed E-state index contributed by atoms with van der Waals surface area (Å²) in [5.41, 5.74) is 6.62. The minimum atomic E-state index is -4.83. The van der Waals surface area contributed by atoms with Crippen LogP contribution in [-0.2, 0) is 4.74 Å². The third kappa shape index (κ3) is 4.05. The Bertz CT molecular complexity index is 974. The van der Waals surface area contributed by atoms with Crippen molar-refractivity contribution in [1.82, 2.24) is 19.4 Å². The van der Waals surface area contributed by atoms with Gasteiger partial charge in [0, 0.05) is 49.0 Å². The van der Waals surface area contributed by atoms with Crippen molar-refractivity contribution < 1.29 is 22.6 Å². The van der Waals surface area contributed by atoms with Gasteiger partial charge in [-0.05, 0) is 30.7 Å². The van der Waals surface area contributed by atoms with E-state index >= 15 is 0 Å². The van der Waals surface area contributed by atoms with E-state index in [0.29, 0.717) is 35.2 Å². The first-order chi connectivity index (χ1) is 15.2. The number of morpholine rings is 1. The van der Waals surface area contributed by atoms with Crippen molar-refractivity contribution in [2.45, 2.75) is 51.1 Å². The average molecular weight is 451 g/mol. The Morgan fingerprint density at radius 3 is 2.50 bits per heavy atom. The number of anilines is 1. The number of imidazole rings is 1. The van der Waals surface area contributed by atoms with E-state index in [2.05, 4.69) is 33.0 Å². The highest BCUT2D eigenvalue weighted by molar-refractivity contribution is 5.64. The van der Waals surface area contributed by atoms with Crippen LogP contribution in [0.5, 0.6) is 5.75 Å². The van der Waals surface area contributed by atoms with Gasteiger partial charge in [0.2, 0.25) is 0 Å². The standard InChI is InChI=1S/C22H28F3N5O2/c1-12(2)21-28-17(13-7-18(20(26)27-10-13)32-22(23,24)25)11-30(21)19-15-8-14(9-16(15)19)29-3-5-31-6-4-29/h7,10-12,14-16,19H,3-6,8-9H2,1-2H3,(H2,26,27)/t14-,15+,16-,19-. The van der Waals surface area contributed by atoms with Crippen LogP contribution >= 0.6 is 0 Å². The minimum absolute atomic E-state index is 0.188. The highest BCUT2D eigenvalue weighted by atomic mass is 19.4. The maximum atomic E-state index is 12.7. The molecule has 0 aromatic carbocycles. The molecule has 1 aliphatic heterocycles. The fourth-order valence-corrected chi connectivity index (χ4v) is 5.45. The molecule has 2 saturated carbocycles. The SMILES string of the molecule is CC(C)c1nc(-c2cnc(N)c(OC(F)(F)F)c2)cn1[C@H]1[C@@H]2C[C@H](N3CCOCC3)C[C@@H]21. The van der Waals surface area contributed by atoms with Crippen LogP contribution in [0, 0.1) is 11.8 Å². The molecule has 3 fully saturated rings. The molecule has 0 unspecified atom stereocenters. The number of nitrogen functional groups attached to an aromatic ring is 1. The van der Waals surface area contributed by atoms with Crippen molar-refractivity contribution in [2.24, 2.45) is 11.8 Å². The van der Waals surface area contributed by atoms with Crippen LogP contribution in [0.1, 0.15) is 44.5 Å². The summed E-state index contributed by atoms with van der Waals surface area (Å²) in [6.45, 7) is 7.80. The summed E-state index contributed by atoms with van der Waals surface area (Å²) in [6.07, 6.45) is 0.907. The Morgan fingerprint density at radius 2 is 1.88 bits per heavy atom. The molecule has 0 radical (unpaired) electrons. The van der Waals surface area contributed by atoms with Gasteiger partial charge in [-0.15, -0.1) is 13.2 Å². The van der Waals surface area contributed by atoms with E-state index < -0.39 is 12.1 Å². The molecule has 10 heteroatoms. The number of alkyl halides is 3. The molecule has 4 atom stereocenters. The van der Waals surface area contributed by atoms with E-state index in [1.54, 1.807) is 0 Å². The first-order valence-electron chi connectivity index (χ1n) is 11.1. The maximum Gasteiger partial charge on any atom is 0.573 e. The molecule has 174 valence electrons. The van der Waals surface area contributed by atoms with Gasteiger partial charge in [0.25, 0.3) is 0 Å². The molecular formula is C22H28F3N5O2. The van der Waals surface area contributed by atoms with Gasteiger partial charge in [-0.25, -0.2) is 9.97 Å². The summed E-state index contributed by atoms with van der Waals surface area (Å²) < 4.78 is 49.9. The molecule has 0 amide bonds. The molecule has 3 heterocycles.